The standard InChI is InChI=1S/C32H37Cl2N3O5S/c1-4-28(32(39)35-24-8-5-6-9-24)36(20-23-14-16-25(42-3)17-15-23)30(38)21-37(29-11-7-10-27(33)31(29)34)43(40,41)26-18-12-22(2)13-19-26/h7,10-19,24,28H,4-6,8-9,20-21H2,1-3H3,(H,35,39)/t28-/m1/s1. The fourth-order valence-electron chi connectivity index (χ4n) is 5.25. The van der Waals surface area contributed by atoms with E-state index in [2.05, 4.69) is 5.32 Å². The van der Waals surface area contributed by atoms with Crippen molar-refractivity contribution >= 4 is 50.7 Å². The van der Waals surface area contributed by atoms with Crippen LogP contribution in [0.3, 0.4) is 0 Å². The van der Waals surface area contributed by atoms with Crippen molar-refractivity contribution in [3.63, 3.8) is 0 Å². The lowest BCUT2D eigenvalue weighted by Gasteiger charge is -2.34. The molecule has 1 fully saturated rings. The van der Waals surface area contributed by atoms with Crippen molar-refractivity contribution in [1.29, 1.82) is 0 Å². The third-order valence-corrected chi connectivity index (χ3v) is 10.3. The second-order valence-electron chi connectivity index (χ2n) is 10.7. The van der Waals surface area contributed by atoms with Crippen LogP contribution >= 0.6 is 23.2 Å². The van der Waals surface area contributed by atoms with Crippen molar-refractivity contribution in [2.24, 2.45) is 0 Å². The summed E-state index contributed by atoms with van der Waals surface area (Å²) >= 11 is 12.8. The van der Waals surface area contributed by atoms with Crippen molar-refractivity contribution in [2.75, 3.05) is 18.0 Å². The number of carbonyl (C=O) groups excluding carboxylic acids is 2. The van der Waals surface area contributed by atoms with E-state index in [-0.39, 0.29) is 39.1 Å². The van der Waals surface area contributed by atoms with Crippen LogP contribution < -0.4 is 14.4 Å². The number of halogens is 2. The number of aryl methyl sites for hydroxylation is 1. The summed E-state index contributed by atoms with van der Waals surface area (Å²) in [6, 6.07) is 17.4. The molecule has 0 heterocycles. The lowest BCUT2D eigenvalue weighted by atomic mass is 10.1. The third-order valence-electron chi connectivity index (χ3n) is 7.69. The van der Waals surface area contributed by atoms with E-state index in [4.69, 9.17) is 27.9 Å². The molecule has 0 aromatic heterocycles. The number of methoxy groups -OCH3 is 1. The molecule has 1 atom stereocenters. The second kappa shape index (κ2) is 14.5. The number of anilines is 1. The average molecular weight is 647 g/mol. The molecule has 8 nitrogen and oxygen atoms in total. The van der Waals surface area contributed by atoms with Crippen LogP contribution in [0, 0.1) is 6.92 Å². The van der Waals surface area contributed by atoms with E-state index in [0.717, 1.165) is 41.1 Å². The number of carbonyl (C=O) groups is 2. The zero-order chi connectivity index (χ0) is 31.1. The first-order chi connectivity index (χ1) is 20.5. The molecule has 1 aliphatic carbocycles. The van der Waals surface area contributed by atoms with Gasteiger partial charge in [-0.05, 0) is 68.1 Å². The molecule has 3 aromatic rings. The number of hydrogen-bond acceptors (Lipinski definition) is 5. The summed E-state index contributed by atoms with van der Waals surface area (Å²) in [6.07, 6.45) is 4.21. The summed E-state index contributed by atoms with van der Waals surface area (Å²) in [5.74, 6) is -0.167. The summed E-state index contributed by atoms with van der Waals surface area (Å²) in [5, 5.41) is 3.26. The summed E-state index contributed by atoms with van der Waals surface area (Å²) in [5.41, 5.74) is 1.71. The molecule has 230 valence electrons. The smallest absolute Gasteiger partial charge is 0.264 e. The molecule has 0 bridgehead atoms. The first-order valence-electron chi connectivity index (χ1n) is 14.3. The number of hydrogen-bond donors (Lipinski definition) is 1. The minimum atomic E-state index is -4.27. The fraction of sp³-hybridized carbons (Fsp3) is 0.375. The Balaban J connectivity index is 1.74. The first-order valence-corrected chi connectivity index (χ1v) is 16.5. The number of benzene rings is 3. The van der Waals surface area contributed by atoms with Gasteiger partial charge in [0.2, 0.25) is 11.8 Å². The Bertz CT molecular complexity index is 1530. The SMILES string of the molecule is CC[C@H](C(=O)NC1CCCC1)N(Cc1ccc(OC)cc1)C(=O)CN(c1cccc(Cl)c1Cl)S(=O)(=O)c1ccc(C)cc1. The van der Waals surface area contributed by atoms with Gasteiger partial charge in [-0.25, -0.2) is 8.42 Å². The van der Waals surface area contributed by atoms with Crippen LogP contribution in [0.2, 0.25) is 10.0 Å². The van der Waals surface area contributed by atoms with Gasteiger partial charge in [0.15, 0.2) is 0 Å². The summed E-state index contributed by atoms with van der Waals surface area (Å²) in [6.45, 7) is 3.17. The summed E-state index contributed by atoms with van der Waals surface area (Å²) < 4.78 is 34.4. The van der Waals surface area contributed by atoms with Crippen LogP contribution in [-0.4, -0.2) is 50.9 Å². The van der Waals surface area contributed by atoms with Gasteiger partial charge in [-0.3, -0.25) is 13.9 Å². The molecule has 0 saturated heterocycles. The molecule has 43 heavy (non-hydrogen) atoms. The van der Waals surface area contributed by atoms with Crippen LogP contribution in [0.25, 0.3) is 0 Å². The van der Waals surface area contributed by atoms with Crippen molar-refractivity contribution in [3.8, 4) is 5.75 Å². The normalized spacial score (nSPS) is 14.3. The summed E-state index contributed by atoms with van der Waals surface area (Å²) in [7, 11) is -2.70. The van der Waals surface area contributed by atoms with Crippen LogP contribution in [0.4, 0.5) is 5.69 Å². The molecule has 0 radical (unpaired) electrons. The highest BCUT2D eigenvalue weighted by atomic mass is 35.5. The molecule has 1 aliphatic rings. The van der Waals surface area contributed by atoms with Crippen LogP contribution in [0.15, 0.2) is 71.6 Å². The van der Waals surface area contributed by atoms with Crippen molar-refractivity contribution in [2.45, 2.75) is 69.5 Å². The van der Waals surface area contributed by atoms with E-state index in [0.29, 0.717) is 12.2 Å². The molecule has 1 N–H and O–H groups in total. The van der Waals surface area contributed by atoms with Crippen LogP contribution in [0.5, 0.6) is 5.75 Å². The highest BCUT2D eigenvalue weighted by molar-refractivity contribution is 7.92. The lowest BCUT2D eigenvalue weighted by molar-refractivity contribution is -0.140. The van der Waals surface area contributed by atoms with Gasteiger partial charge in [0.1, 0.15) is 18.3 Å². The van der Waals surface area contributed by atoms with Gasteiger partial charge in [-0.2, -0.15) is 0 Å². The monoisotopic (exact) mass is 645 g/mol. The minimum Gasteiger partial charge on any atom is -0.497 e. The van der Waals surface area contributed by atoms with Gasteiger partial charge >= 0.3 is 0 Å². The molecule has 0 spiro atoms. The van der Waals surface area contributed by atoms with E-state index >= 15 is 0 Å². The Labute approximate surface area is 264 Å². The van der Waals surface area contributed by atoms with E-state index < -0.39 is 28.5 Å². The van der Waals surface area contributed by atoms with Gasteiger partial charge in [0.25, 0.3) is 10.0 Å². The first kappa shape index (κ1) is 32.6. The number of amides is 2. The van der Waals surface area contributed by atoms with E-state index in [9.17, 15) is 18.0 Å². The molecule has 2 amide bonds. The number of ether oxygens (including phenoxy) is 1. The van der Waals surface area contributed by atoms with Crippen LogP contribution in [-0.2, 0) is 26.2 Å². The van der Waals surface area contributed by atoms with Gasteiger partial charge in [-0.1, -0.05) is 78.9 Å². The predicted octanol–water partition coefficient (Wildman–Crippen LogP) is 6.37. The third kappa shape index (κ3) is 7.82. The molecule has 11 heteroatoms. The number of nitrogens with one attached hydrogen (secondary N) is 1. The molecule has 3 aromatic carbocycles. The maximum absolute atomic E-state index is 14.3. The second-order valence-corrected chi connectivity index (χ2v) is 13.3. The Morgan fingerprint density at radius 1 is 1.00 bits per heavy atom. The van der Waals surface area contributed by atoms with Gasteiger partial charge in [0, 0.05) is 12.6 Å². The fourth-order valence-corrected chi connectivity index (χ4v) is 7.12. The highest BCUT2D eigenvalue weighted by Gasteiger charge is 2.35. The molecular formula is C32H37Cl2N3O5S. The number of nitrogens with zero attached hydrogens (tertiary/aromatic N) is 2. The molecular weight excluding hydrogens is 609 g/mol. The maximum atomic E-state index is 14.3. The highest BCUT2D eigenvalue weighted by Crippen LogP contribution is 2.35. The Kier molecular flexibility index (Phi) is 11.0. The Morgan fingerprint density at radius 3 is 2.26 bits per heavy atom. The Morgan fingerprint density at radius 2 is 1.65 bits per heavy atom. The van der Waals surface area contributed by atoms with E-state index in [1.807, 2.05) is 26.0 Å². The molecule has 0 aliphatic heterocycles. The predicted molar refractivity (Wildman–Crippen MR) is 170 cm³/mol. The molecule has 0 unspecified atom stereocenters. The van der Waals surface area contributed by atoms with Crippen molar-refractivity contribution in [1.82, 2.24) is 10.2 Å². The summed E-state index contributed by atoms with van der Waals surface area (Å²) in [4.78, 5) is 29.3. The quantitative estimate of drug-likeness (QED) is 0.247. The maximum Gasteiger partial charge on any atom is 0.264 e. The van der Waals surface area contributed by atoms with E-state index in [1.54, 1.807) is 43.5 Å². The van der Waals surface area contributed by atoms with Gasteiger partial charge < -0.3 is 15.0 Å². The average Bonchev–Trinajstić information content (AvgIpc) is 3.51. The molecule has 4 rings (SSSR count). The largest absolute Gasteiger partial charge is 0.497 e. The minimum absolute atomic E-state index is 0.000348. The van der Waals surface area contributed by atoms with Gasteiger partial charge in [0.05, 0.1) is 27.7 Å². The zero-order valence-corrected chi connectivity index (χ0v) is 26.9. The van der Waals surface area contributed by atoms with Crippen molar-refractivity contribution < 1.29 is 22.7 Å². The van der Waals surface area contributed by atoms with E-state index in [1.165, 1.54) is 23.1 Å². The topological polar surface area (TPSA) is 96.0 Å². The van der Waals surface area contributed by atoms with Crippen molar-refractivity contribution in [3.05, 3.63) is 87.9 Å². The van der Waals surface area contributed by atoms with Crippen LogP contribution in [0.1, 0.15) is 50.2 Å². The number of rotatable bonds is 12. The Hall–Kier alpha value is -3.27. The number of sulfonamides is 1. The van der Waals surface area contributed by atoms with Gasteiger partial charge in [-0.15, -0.1) is 0 Å². The lowest BCUT2D eigenvalue weighted by Crippen LogP contribution is -2.53. The molecule has 1 saturated carbocycles. The zero-order valence-electron chi connectivity index (χ0n) is 24.6.